The van der Waals surface area contributed by atoms with E-state index < -0.39 is 0 Å². The summed E-state index contributed by atoms with van der Waals surface area (Å²) in [5.74, 6) is 0. The van der Waals surface area contributed by atoms with Gasteiger partial charge in [0.1, 0.15) is 5.15 Å². The van der Waals surface area contributed by atoms with E-state index in [9.17, 15) is 4.39 Å². The van der Waals surface area contributed by atoms with Crippen LogP contribution in [-0.4, -0.2) is 11.7 Å². The summed E-state index contributed by atoms with van der Waals surface area (Å²) in [7, 11) is 0. The Labute approximate surface area is 70.2 Å². The van der Waals surface area contributed by atoms with Crippen LogP contribution in [-0.2, 0) is 6.42 Å². The van der Waals surface area contributed by atoms with E-state index in [1.54, 1.807) is 12.3 Å². The van der Waals surface area contributed by atoms with Crippen LogP contribution >= 0.6 is 11.6 Å². The Balaban J connectivity index is 2.52. The molecule has 0 aromatic carbocycles. The quantitative estimate of drug-likeness (QED) is 0.641. The van der Waals surface area contributed by atoms with Gasteiger partial charge in [0.25, 0.3) is 0 Å². The molecule has 0 fully saturated rings. The third-order valence-electron chi connectivity index (χ3n) is 1.39. The van der Waals surface area contributed by atoms with Crippen LogP contribution in [0, 0.1) is 0 Å². The van der Waals surface area contributed by atoms with Crippen LogP contribution in [0.3, 0.4) is 0 Å². The molecule has 0 atom stereocenters. The van der Waals surface area contributed by atoms with Crippen LogP contribution in [0.2, 0.25) is 5.15 Å². The second-order valence-corrected chi connectivity index (χ2v) is 2.67. The number of alkyl halides is 1. The van der Waals surface area contributed by atoms with Gasteiger partial charge in [0, 0.05) is 6.20 Å². The van der Waals surface area contributed by atoms with Crippen molar-refractivity contribution in [2.45, 2.75) is 12.8 Å². The Bertz CT molecular complexity index is 210. The Morgan fingerprint density at radius 2 is 2.27 bits per heavy atom. The fourth-order valence-electron chi connectivity index (χ4n) is 0.825. The molecule has 0 unspecified atom stereocenters. The maximum Gasteiger partial charge on any atom is 0.129 e. The Morgan fingerprint density at radius 1 is 1.45 bits per heavy atom. The molecule has 1 nitrogen and oxygen atoms in total. The van der Waals surface area contributed by atoms with Gasteiger partial charge in [0.15, 0.2) is 0 Å². The van der Waals surface area contributed by atoms with Crippen LogP contribution < -0.4 is 0 Å². The molecule has 0 spiro atoms. The van der Waals surface area contributed by atoms with Gasteiger partial charge in [-0.1, -0.05) is 17.7 Å². The maximum atomic E-state index is 11.7. The minimum atomic E-state index is -0.275. The van der Waals surface area contributed by atoms with Crippen molar-refractivity contribution >= 4 is 11.6 Å². The lowest BCUT2D eigenvalue weighted by atomic mass is 10.2. The van der Waals surface area contributed by atoms with Crippen molar-refractivity contribution in [2.75, 3.05) is 6.67 Å². The highest BCUT2D eigenvalue weighted by molar-refractivity contribution is 6.29. The molecule has 3 heteroatoms. The Kier molecular flexibility index (Phi) is 3.30. The molecule has 11 heavy (non-hydrogen) atoms. The summed E-state index contributed by atoms with van der Waals surface area (Å²) in [6.45, 7) is -0.275. The van der Waals surface area contributed by atoms with Gasteiger partial charge < -0.3 is 0 Å². The molecule has 0 N–H and O–H groups in total. The molecule has 0 amide bonds. The maximum absolute atomic E-state index is 11.7. The molecule has 0 saturated carbocycles. The summed E-state index contributed by atoms with van der Waals surface area (Å²) in [6.07, 6.45) is 2.97. The number of hydrogen-bond donors (Lipinski definition) is 0. The molecule has 1 aromatic heterocycles. The normalized spacial score (nSPS) is 10.0. The summed E-state index contributed by atoms with van der Waals surface area (Å²) in [6, 6.07) is 3.58. The van der Waals surface area contributed by atoms with Gasteiger partial charge in [-0.05, 0) is 24.5 Å². The van der Waals surface area contributed by atoms with Crippen LogP contribution in [0.1, 0.15) is 12.0 Å². The van der Waals surface area contributed by atoms with Gasteiger partial charge in [-0.25, -0.2) is 4.98 Å². The molecular weight excluding hydrogens is 165 g/mol. The number of aromatic nitrogens is 1. The number of pyridine rings is 1. The average molecular weight is 174 g/mol. The molecule has 0 aliphatic heterocycles. The highest BCUT2D eigenvalue weighted by atomic mass is 35.5. The summed E-state index contributed by atoms with van der Waals surface area (Å²) in [4.78, 5) is 3.88. The van der Waals surface area contributed by atoms with Crippen LogP contribution in [0.25, 0.3) is 0 Å². The highest BCUT2D eigenvalue weighted by Gasteiger charge is 1.93. The summed E-state index contributed by atoms with van der Waals surface area (Å²) < 4.78 is 11.7. The van der Waals surface area contributed by atoms with E-state index in [1.807, 2.05) is 6.07 Å². The predicted octanol–water partition coefficient (Wildman–Crippen LogP) is 2.64. The third kappa shape index (κ3) is 2.85. The number of nitrogens with zero attached hydrogens (tertiary/aromatic N) is 1. The zero-order valence-electron chi connectivity index (χ0n) is 6.06. The second-order valence-electron chi connectivity index (χ2n) is 2.28. The second kappa shape index (κ2) is 4.29. The zero-order valence-corrected chi connectivity index (χ0v) is 6.81. The third-order valence-corrected chi connectivity index (χ3v) is 1.61. The largest absolute Gasteiger partial charge is 0.251 e. The monoisotopic (exact) mass is 173 g/mol. The van der Waals surface area contributed by atoms with E-state index in [-0.39, 0.29) is 6.67 Å². The highest BCUT2D eigenvalue weighted by Crippen LogP contribution is 2.06. The number of aryl methyl sites for hydroxylation is 1. The summed E-state index contributed by atoms with van der Waals surface area (Å²) in [5, 5.41) is 0.481. The first kappa shape index (κ1) is 8.47. The lowest BCUT2D eigenvalue weighted by molar-refractivity contribution is 0.473. The van der Waals surface area contributed by atoms with Gasteiger partial charge in [-0.3, -0.25) is 4.39 Å². The van der Waals surface area contributed by atoms with Crippen LogP contribution in [0.5, 0.6) is 0 Å². The molecule has 0 aliphatic rings. The summed E-state index contributed by atoms with van der Waals surface area (Å²) in [5.41, 5.74) is 1.03. The van der Waals surface area contributed by atoms with Crippen molar-refractivity contribution in [3.8, 4) is 0 Å². The van der Waals surface area contributed by atoms with Crippen molar-refractivity contribution in [3.63, 3.8) is 0 Å². The fourth-order valence-corrected chi connectivity index (χ4v) is 0.937. The first-order valence-electron chi connectivity index (χ1n) is 3.49. The fraction of sp³-hybridized carbons (Fsp3) is 0.375. The minimum absolute atomic E-state index is 0.275. The van der Waals surface area contributed by atoms with E-state index in [2.05, 4.69) is 4.98 Å². The molecule has 0 aliphatic carbocycles. The molecular formula is C8H9ClFN. The van der Waals surface area contributed by atoms with Gasteiger partial charge in [0.05, 0.1) is 6.67 Å². The van der Waals surface area contributed by atoms with Crippen molar-refractivity contribution in [2.24, 2.45) is 0 Å². The van der Waals surface area contributed by atoms with Gasteiger partial charge in [-0.2, -0.15) is 0 Å². The van der Waals surface area contributed by atoms with Gasteiger partial charge >= 0.3 is 0 Å². The molecule has 1 rings (SSSR count). The average Bonchev–Trinajstić information content (AvgIpc) is 2.04. The van der Waals surface area contributed by atoms with E-state index in [0.29, 0.717) is 11.6 Å². The van der Waals surface area contributed by atoms with Crippen molar-refractivity contribution in [1.82, 2.24) is 4.98 Å². The van der Waals surface area contributed by atoms with Crippen molar-refractivity contribution in [3.05, 3.63) is 29.0 Å². The van der Waals surface area contributed by atoms with E-state index in [0.717, 1.165) is 12.0 Å². The molecule has 60 valence electrons. The van der Waals surface area contributed by atoms with Gasteiger partial charge in [-0.15, -0.1) is 0 Å². The minimum Gasteiger partial charge on any atom is -0.251 e. The topological polar surface area (TPSA) is 12.9 Å². The van der Waals surface area contributed by atoms with E-state index >= 15 is 0 Å². The smallest absolute Gasteiger partial charge is 0.129 e. The molecule has 0 radical (unpaired) electrons. The number of rotatable bonds is 3. The van der Waals surface area contributed by atoms with Crippen LogP contribution in [0.15, 0.2) is 18.3 Å². The molecule has 1 aromatic rings. The lowest BCUT2D eigenvalue weighted by Crippen LogP contribution is -1.87. The first-order valence-corrected chi connectivity index (χ1v) is 3.87. The Morgan fingerprint density at radius 3 is 2.82 bits per heavy atom. The molecule has 0 saturated heterocycles. The SMILES string of the molecule is FCCCc1ccc(Cl)nc1. The predicted molar refractivity (Wildman–Crippen MR) is 43.5 cm³/mol. The van der Waals surface area contributed by atoms with Gasteiger partial charge in [0.2, 0.25) is 0 Å². The lowest BCUT2D eigenvalue weighted by Gasteiger charge is -1.96. The molecule has 1 heterocycles. The van der Waals surface area contributed by atoms with Crippen LogP contribution in [0.4, 0.5) is 4.39 Å². The zero-order chi connectivity index (χ0) is 8.10. The molecule has 0 bridgehead atoms. The Hall–Kier alpha value is -0.630. The summed E-state index contributed by atoms with van der Waals surface area (Å²) >= 11 is 5.56. The standard InChI is InChI=1S/C8H9ClFN/c9-8-4-3-7(6-11-8)2-1-5-10/h3-4,6H,1-2,5H2. The van der Waals surface area contributed by atoms with E-state index in [4.69, 9.17) is 11.6 Å². The van der Waals surface area contributed by atoms with Crippen molar-refractivity contribution < 1.29 is 4.39 Å². The first-order chi connectivity index (χ1) is 5.33. The number of halogens is 2. The van der Waals surface area contributed by atoms with E-state index in [1.165, 1.54) is 0 Å². The number of hydrogen-bond acceptors (Lipinski definition) is 1. The van der Waals surface area contributed by atoms with Crippen molar-refractivity contribution in [1.29, 1.82) is 0 Å².